The first-order chi connectivity index (χ1) is 17.5. The Labute approximate surface area is 231 Å². The minimum Gasteiger partial charge on any atom is -0.497 e. The number of aliphatic carboxylic acids is 1. The molecule has 4 rings (SSSR count). The lowest BCUT2D eigenvalue weighted by atomic mass is 9.91. The molecule has 0 aromatic heterocycles. The van der Waals surface area contributed by atoms with Crippen molar-refractivity contribution < 1.29 is 23.1 Å². The lowest BCUT2D eigenvalue weighted by Crippen LogP contribution is -2.43. The van der Waals surface area contributed by atoms with E-state index in [0.29, 0.717) is 21.4 Å². The summed E-state index contributed by atoms with van der Waals surface area (Å²) >= 11 is 13.5. The minimum absolute atomic E-state index is 0.0562. The number of carboxylic acids is 1. The average molecular weight is 581 g/mol. The number of sulfonamides is 1. The smallest absolute Gasteiger partial charge is 0.309 e. The van der Waals surface area contributed by atoms with Crippen LogP contribution in [-0.4, -0.2) is 42.2 Å². The van der Waals surface area contributed by atoms with Gasteiger partial charge in [0.25, 0.3) is 0 Å². The fourth-order valence-electron chi connectivity index (χ4n) is 4.84. The van der Waals surface area contributed by atoms with Gasteiger partial charge in [0.15, 0.2) is 0 Å². The number of hydrogen-bond donors (Lipinski definition) is 1. The van der Waals surface area contributed by atoms with Gasteiger partial charge < -0.3 is 9.84 Å². The van der Waals surface area contributed by atoms with Crippen LogP contribution in [0.4, 0.5) is 0 Å². The highest BCUT2D eigenvalue weighted by atomic mass is 35.5. The van der Waals surface area contributed by atoms with Crippen LogP contribution >= 0.6 is 35.0 Å². The summed E-state index contributed by atoms with van der Waals surface area (Å²) in [7, 11) is -2.54. The van der Waals surface area contributed by atoms with Crippen molar-refractivity contribution in [2.24, 2.45) is 11.8 Å². The number of nitrogens with zero attached hydrogens (tertiary/aromatic N) is 1. The molecule has 0 radical (unpaired) electrons. The quantitative estimate of drug-likeness (QED) is 0.322. The van der Waals surface area contributed by atoms with Gasteiger partial charge in [-0.2, -0.15) is 4.31 Å². The summed E-state index contributed by atoms with van der Waals surface area (Å²) in [6.07, 6.45) is 0. The molecule has 3 unspecified atom stereocenters. The van der Waals surface area contributed by atoms with Crippen LogP contribution in [0.3, 0.4) is 0 Å². The van der Waals surface area contributed by atoms with Gasteiger partial charge in [-0.3, -0.25) is 4.79 Å². The number of rotatable bonds is 8. The Balaban J connectivity index is 1.91. The molecule has 10 heteroatoms. The SMILES string of the molecule is COc1ccc(SC2C(C(C)C)N(S(=O)(=O)c3ccc(Cl)cc3)C(c3ccc(Cl)cc3)[C@@H]2C(=O)O)cc1. The summed E-state index contributed by atoms with van der Waals surface area (Å²) in [4.78, 5) is 13.8. The van der Waals surface area contributed by atoms with Gasteiger partial charge in [-0.1, -0.05) is 49.2 Å². The second kappa shape index (κ2) is 11.3. The molecule has 0 amide bonds. The Bertz CT molecular complexity index is 1350. The van der Waals surface area contributed by atoms with E-state index in [1.165, 1.54) is 40.3 Å². The van der Waals surface area contributed by atoms with Crippen molar-refractivity contribution in [1.82, 2.24) is 4.31 Å². The molecule has 3 aromatic rings. The lowest BCUT2D eigenvalue weighted by Gasteiger charge is -2.33. The number of thioether (sulfide) groups is 1. The molecule has 37 heavy (non-hydrogen) atoms. The molecule has 4 atom stereocenters. The number of carboxylic acid groups (broad SMARTS) is 1. The van der Waals surface area contributed by atoms with Crippen LogP contribution in [0.15, 0.2) is 82.6 Å². The van der Waals surface area contributed by atoms with Gasteiger partial charge in [0, 0.05) is 26.2 Å². The van der Waals surface area contributed by atoms with Crippen LogP contribution in [0.1, 0.15) is 25.5 Å². The first kappa shape index (κ1) is 27.8. The molecule has 0 spiro atoms. The van der Waals surface area contributed by atoms with Crippen LogP contribution in [0.2, 0.25) is 10.0 Å². The van der Waals surface area contributed by atoms with Crippen LogP contribution in [0.25, 0.3) is 0 Å². The molecule has 1 fully saturated rings. The molecule has 0 aliphatic carbocycles. The van der Waals surface area contributed by atoms with Gasteiger partial charge in [-0.25, -0.2) is 8.42 Å². The summed E-state index contributed by atoms with van der Waals surface area (Å²) in [5, 5.41) is 10.8. The van der Waals surface area contributed by atoms with Gasteiger partial charge in [-0.05, 0) is 72.1 Å². The second-order valence-electron chi connectivity index (χ2n) is 9.14. The summed E-state index contributed by atoms with van der Waals surface area (Å²) in [5.41, 5.74) is 0.567. The van der Waals surface area contributed by atoms with Crippen molar-refractivity contribution in [2.45, 2.75) is 41.0 Å². The summed E-state index contributed by atoms with van der Waals surface area (Å²) in [6, 6.07) is 18.4. The van der Waals surface area contributed by atoms with Gasteiger partial charge in [0.2, 0.25) is 10.0 Å². The van der Waals surface area contributed by atoms with Crippen molar-refractivity contribution in [1.29, 1.82) is 0 Å². The molecule has 1 heterocycles. The van der Waals surface area contributed by atoms with Crippen molar-refractivity contribution in [3.05, 3.63) is 88.4 Å². The molecular weight excluding hydrogens is 553 g/mol. The normalized spacial score (nSPS) is 22.3. The van der Waals surface area contributed by atoms with Crippen molar-refractivity contribution in [3.63, 3.8) is 0 Å². The number of carbonyl (C=O) groups is 1. The zero-order valence-corrected chi connectivity index (χ0v) is 23.6. The molecule has 1 N–H and O–H groups in total. The van der Waals surface area contributed by atoms with Crippen molar-refractivity contribution >= 4 is 51.0 Å². The molecule has 6 nitrogen and oxygen atoms in total. The van der Waals surface area contributed by atoms with E-state index < -0.39 is 39.2 Å². The highest BCUT2D eigenvalue weighted by molar-refractivity contribution is 8.00. The Morgan fingerprint density at radius 3 is 1.97 bits per heavy atom. The average Bonchev–Trinajstić information content (AvgIpc) is 3.21. The fraction of sp³-hybridized carbons (Fsp3) is 0.296. The molecule has 3 aromatic carbocycles. The molecule has 0 saturated carbocycles. The zero-order valence-electron chi connectivity index (χ0n) is 20.4. The first-order valence-corrected chi connectivity index (χ1v) is 14.7. The van der Waals surface area contributed by atoms with E-state index >= 15 is 0 Å². The molecule has 1 aliphatic rings. The largest absolute Gasteiger partial charge is 0.497 e. The molecule has 1 aliphatic heterocycles. The predicted molar refractivity (Wildman–Crippen MR) is 147 cm³/mol. The van der Waals surface area contributed by atoms with E-state index in [-0.39, 0.29) is 10.8 Å². The Morgan fingerprint density at radius 2 is 1.49 bits per heavy atom. The van der Waals surface area contributed by atoms with Gasteiger partial charge >= 0.3 is 5.97 Å². The number of halogens is 2. The van der Waals surface area contributed by atoms with E-state index in [4.69, 9.17) is 27.9 Å². The van der Waals surface area contributed by atoms with Gasteiger partial charge in [-0.15, -0.1) is 11.8 Å². The molecular formula is C27H27Cl2NO5S2. The second-order valence-corrected chi connectivity index (χ2v) is 13.1. The Morgan fingerprint density at radius 1 is 0.946 bits per heavy atom. The zero-order chi connectivity index (χ0) is 26.9. The standard InChI is InChI=1S/C27H27Cl2NO5S2/c1-16(2)24-26(36-21-12-10-20(35-3)11-13-21)23(27(31)32)25(17-4-6-18(28)7-5-17)30(24)37(33,34)22-14-8-19(29)9-15-22/h4-16,23-26H,1-3H3,(H,31,32)/t23-,24?,25?,26?/m0/s1. The molecule has 196 valence electrons. The third kappa shape index (κ3) is 5.64. The van der Waals surface area contributed by atoms with Crippen LogP contribution in [0.5, 0.6) is 5.75 Å². The Hall–Kier alpha value is -2.23. The minimum atomic E-state index is -4.11. The predicted octanol–water partition coefficient (Wildman–Crippen LogP) is 6.63. The third-order valence-electron chi connectivity index (χ3n) is 6.50. The summed E-state index contributed by atoms with van der Waals surface area (Å²) < 4.78 is 35.0. The number of benzene rings is 3. The maximum Gasteiger partial charge on any atom is 0.309 e. The first-order valence-electron chi connectivity index (χ1n) is 11.6. The maximum absolute atomic E-state index is 14.2. The molecule has 1 saturated heterocycles. The third-order valence-corrected chi connectivity index (χ3v) is 10.3. The van der Waals surface area contributed by atoms with Crippen molar-refractivity contribution in [2.75, 3.05) is 7.11 Å². The fourth-order valence-corrected chi connectivity index (χ4v) is 8.74. The van der Waals surface area contributed by atoms with E-state index in [1.807, 2.05) is 26.0 Å². The maximum atomic E-state index is 14.2. The van der Waals surface area contributed by atoms with Crippen LogP contribution < -0.4 is 4.74 Å². The van der Waals surface area contributed by atoms with Gasteiger partial charge in [0.05, 0.1) is 24.0 Å². The van der Waals surface area contributed by atoms with E-state index in [1.54, 1.807) is 43.5 Å². The highest BCUT2D eigenvalue weighted by Crippen LogP contribution is 2.52. The molecule has 0 bridgehead atoms. The van der Waals surface area contributed by atoms with Gasteiger partial charge in [0.1, 0.15) is 5.75 Å². The van der Waals surface area contributed by atoms with E-state index in [0.717, 1.165) is 4.90 Å². The topological polar surface area (TPSA) is 83.9 Å². The Kier molecular flexibility index (Phi) is 8.45. The lowest BCUT2D eigenvalue weighted by molar-refractivity contribution is -0.142. The number of methoxy groups -OCH3 is 1. The van der Waals surface area contributed by atoms with Crippen LogP contribution in [0, 0.1) is 11.8 Å². The monoisotopic (exact) mass is 579 g/mol. The van der Waals surface area contributed by atoms with Crippen LogP contribution in [-0.2, 0) is 14.8 Å². The summed E-state index contributed by atoms with van der Waals surface area (Å²) in [5.74, 6) is -1.60. The van der Waals surface area contributed by atoms with E-state index in [9.17, 15) is 18.3 Å². The summed E-state index contributed by atoms with van der Waals surface area (Å²) in [6.45, 7) is 3.83. The van der Waals surface area contributed by atoms with E-state index in [2.05, 4.69) is 0 Å². The number of hydrogen-bond acceptors (Lipinski definition) is 5. The van der Waals surface area contributed by atoms with Crippen molar-refractivity contribution in [3.8, 4) is 5.75 Å². The number of ether oxygens (including phenoxy) is 1. The highest BCUT2D eigenvalue weighted by Gasteiger charge is 2.58.